The number of nitrogen functional groups attached to an aromatic ring is 1. The van der Waals surface area contributed by atoms with Gasteiger partial charge in [0.05, 0.1) is 6.54 Å². The standard InChI is InChI=1S/C15H23N3O2/c1-3-12(4-2)15(20)18(10-14(17)19)9-11-6-5-7-13(16)8-11/h5-8,12H,3-4,9-10,16H2,1-2H3,(H2,17,19). The highest BCUT2D eigenvalue weighted by Crippen LogP contribution is 2.15. The highest BCUT2D eigenvalue weighted by atomic mass is 16.2. The van der Waals surface area contributed by atoms with Crippen LogP contribution in [0.5, 0.6) is 0 Å². The van der Waals surface area contributed by atoms with Gasteiger partial charge < -0.3 is 16.4 Å². The van der Waals surface area contributed by atoms with Gasteiger partial charge in [0.1, 0.15) is 0 Å². The molecule has 20 heavy (non-hydrogen) atoms. The van der Waals surface area contributed by atoms with Crippen molar-refractivity contribution in [2.75, 3.05) is 12.3 Å². The molecule has 0 aliphatic rings. The van der Waals surface area contributed by atoms with Crippen molar-refractivity contribution in [3.63, 3.8) is 0 Å². The molecule has 1 aromatic rings. The number of carbonyl (C=O) groups is 2. The molecule has 0 bridgehead atoms. The van der Waals surface area contributed by atoms with Crippen LogP contribution in [-0.2, 0) is 16.1 Å². The quantitative estimate of drug-likeness (QED) is 0.740. The minimum Gasteiger partial charge on any atom is -0.399 e. The Bertz CT molecular complexity index is 470. The molecule has 5 nitrogen and oxygen atoms in total. The summed E-state index contributed by atoms with van der Waals surface area (Å²) < 4.78 is 0. The van der Waals surface area contributed by atoms with Crippen molar-refractivity contribution in [3.8, 4) is 0 Å². The fourth-order valence-electron chi connectivity index (χ4n) is 2.21. The highest BCUT2D eigenvalue weighted by Gasteiger charge is 2.22. The molecule has 4 N–H and O–H groups in total. The molecule has 0 spiro atoms. The zero-order chi connectivity index (χ0) is 15.1. The van der Waals surface area contributed by atoms with Gasteiger partial charge in [-0.15, -0.1) is 0 Å². The van der Waals surface area contributed by atoms with E-state index in [2.05, 4.69) is 0 Å². The van der Waals surface area contributed by atoms with E-state index in [1.165, 1.54) is 4.90 Å². The first-order valence-electron chi connectivity index (χ1n) is 6.89. The number of nitrogens with zero attached hydrogens (tertiary/aromatic N) is 1. The second kappa shape index (κ2) is 7.53. The van der Waals surface area contributed by atoms with Gasteiger partial charge in [0.15, 0.2) is 0 Å². The largest absolute Gasteiger partial charge is 0.399 e. The summed E-state index contributed by atoms with van der Waals surface area (Å²) in [5, 5.41) is 0. The number of carbonyl (C=O) groups excluding carboxylic acids is 2. The van der Waals surface area contributed by atoms with Crippen LogP contribution < -0.4 is 11.5 Å². The Morgan fingerprint density at radius 3 is 2.40 bits per heavy atom. The molecule has 0 heterocycles. The van der Waals surface area contributed by atoms with Gasteiger partial charge in [0, 0.05) is 18.2 Å². The molecule has 0 aliphatic carbocycles. The van der Waals surface area contributed by atoms with Gasteiger partial charge in [-0.2, -0.15) is 0 Å². The van der Waals surface area contributed by atoms with Crippen LogP contribution in [0.2, 0.25) is 0 Å². The van der Waals surface area contributed by atoms with Crippen LogP contribution in [0.1, 0.15) is 32.3 Å². The lowest BCUT2D eigenvalue weighted by Gasteiger charge is -2.25. The van der Waals surface area contributed by atoms with Gasteiger partial charge in [-0.25, -0.2) is 0 Å². The predicted octanol–water partition coefficient (Wildman–Crippen LogP) is 1.52. The van der Waals surface area contributed by atoms with E-state index in [9.17, 15) is 9.59 Å². The lowest BCUT2D eigenvalue weighted by Crippen LogP contribution is -2.41. The molecule has 0 aliphatic heterocycles. The summed E-state index contributed by atoms with van der Waals surface area (Å²) in [6, 6.07) is 7.29. The summed E-state index contributed by atoms with van der Waals surface area (Å²) >= 11 is 0. The fraction of sp³-hybridized carbons (Fsp3) is 0.467. The summed E-state index contributed by atoms with van der Waals surface area (Å²) in [6.45, 7) is 4.22. The fourth-order valence-corrected chi connectivity index (χ4v) is 2.21. The molecule has 0 fully saturated rings. The smallest absolute Gasteiger partial charge is 0.237 e. The monoisotopic (exact) mass is 277 g/mol. The van der Waals surface area contributed by atoms with Crippen LogP contribution in [0, 0.1) is 5.92 Å². The molecule has 0 saturated heterocycles. The zero-order valence-corrected chi connectivity index (χ0v) is 12.1. The summed E-state index contributed by atoms with van der Waals surface area (Å²) in [6.07, 6.45) is 1.50. The zero-order valence-electron chi connectivity index (χ0n) is 12.1. The van der Waals surface area contributed by atoms with Crippen LogP contribution >= 0.6 is 0 Å². The van der Waals surface area contributed by atoms with Crippen LogP contribution in [0.25, 0.3) is 0 Å². The van der Waals surface area contributed by atoms with Crippen molar-refractivity contribution in [1.82, 2.24) is 4.90 Å². The van der Waals surface area contributed by atoms with E-state index in [0.29, 0.717) is 12.2 Å². The van der Waals surface area contributed by atoms with Crippen molar-refractivity contribution >= 4 is 17.5 Å². The van der Waals surface area contributed by atoms with Crippen LogP contribution in [0.15, 0.2) is 24.3 Å². The number of anilines is 1. The van der Waals surface area contributed by atoms with Gasteiger partial charge in [-0.05, 0) is 30.5 Å². The van der Waals surface area contributed by atoms with E-state index in [1.807, 2.05) is 26.0 Å². The Morgan fingerprint density at radius 1 is 1.25 bits per heavy atom. The van der Waals surface area contributed by atoms with Gasteiger partial charge in [-0.1, -0.05) is 26.0 Å². The van der Waals surface area contributed by atoms with Gasteiger partial charge in [-0.3, -0.25) is 9.59 Å². The molecule has 1 aromatic carbocycles. The Balaban J connectivity index is 2.89. The summed E-state index contributed by atoms with van der Waals surface area (Å²) in [7, 11) is 0. The first-order valence-corrected chi connectivity index (χ1v) is 6.89. The molecule has 0 aromatic heterocycles. The van der Waals surface area contributed by atoms with Crippen LogP contribution in [0.4, 0.5) is 5.69 Å². The van der Waals surface area contributed by atoms with Gasteiger partial charge in [0.2, 0.25) is 11.8 Å². The molecule has 2 amide bonds. The van der Waals surface area contributed by atoms with E-state index >= 15 is 0 Å². The second-order valence-corrected chi connectivity index (χ2v) is 4.92. The average molecular weight is 277 g/mol. The normalized spacial score (nSPS) is 10.6. The summed E-state index contributed by atoms with van der Waals surface area (Å²) in [4.78, 5) is 25.1. The van der Waals surface area contributed by atoms with Crippen molar-refractivity contribution in [2.45, 2.75) is 33.2 Å². The third kappa shape index (κ3) is 4.57. The lowest BCUT2D eigenvalue weighted by atomic mass is 10.0. The number of amides is 2. The Labute approximate surface area is 119 Å². The lowest BCUT2D eigenvalue weighted by molar-refractivity contribution is -0.139. The minimum atomic E-state index is -0.506. The van der Waals surface area contributed by atoms with Crippen molar-refractivity contribution in [1.29, 1.82) is 0 Å². The number of primary amides is 1. The number of rotatable bonds is 7. The molecule has 110 valence electrons. The molecule has 0 radical (unpaired) electrons. The SMILES string of the molecule is CCC(CC)C(=O)N(CC(N)=O)Cc1cccc(N)c1. The molecule has 0 atom stereocenters. The maximum Gasteiger partial charge on any atom is 0.237 e. The second-order valence-electron chi connectivity index (χ2n) is 4.92. The number of hydrogen-bond acceptors (Lipinski definition) is 3. The molecule has 0 saturated carbocycles. The van der Waals surface area contributed by atoms with E-state index in [1.54, 1.807) is 12.1 Å². The first kappa shape index (κ1) is 16.0. The van der Waals surface area contributed by atoms with E-state index < -0.39 is 5.91 Å². The summed E-state index contributed by atoms with van der Waals surface area (Å²) in [5.74, 6) is -0.611. The molecule has 5 heteroatoms. The third-order valence-electron chi connectivity index (χ3n) is 3.32. The van der Waals surface area contributed by atoms with Gasteiger partial charge in [0.25, 0.3) is 0 Å². The highest BCUT2D eigenvalue weighted by molar-refractivity contribution is 5.85. The Kier molecular flexibility index (Phi) is 6.03. The number of hydrogen-bond donors (Lipinski definition) is 2. The Hall–Kier alpha value is -2.04. The third-order valence-corrected chi connectivity index (χ3v) is 3.32. The van der Waals surface area contributed by atoms with E-state index in [4.69, 9.17) is 11.5 Å². The number of benzene rings is 1. The van der Waals surface area contributed by atoms with Gasteiger partial charge >= 0.3 is 0 Å². The molecule has 1 rings (SSSR count). The van der Waals surface area contributed by atoms with E-state index in [0.717, 1.165) is 18.4 Å². The van der Waals surface area contributed by atoms with Crippen molar-refractivity contribution < 1.29 is 9.59 Å². The molecular weight excluding hydrogens is 254 g/mol. The predicted molar refractivity (Wildman–Crippen MR) is 79.5 cm³/mol. The van der Waals surface area contributed by atoms with Crippen molar-refractivity contribution in [2.24, 2.45) is 11.7 Å². The van der Waals surface area contributed by atoms with Crippen LogP contribution in [-0.4, -0.2) is 23.3 Å². The maximum absolute atomic E-state index is 12.4. The Morgan fingerprint density at radius 2 is 1.90 bits per heavy atom. The molecule has 0 unspecified atom stereocenters. The van der Waals surface area contributed by atoms with E-state index in [-0.39, 0.29) is 18.4 Å². The molecular formula is C15H23N3O2. The van der Waals surface area contributed by atoms with Crippen molar-refractivity contribution in [3.05, 3.63) is 29.8 Å². The number of nitrogens with two attached hydrogens (primary N) is 2. The minimum absolute atomic E-state index is 0.0313. The van der Waals surface area contributed by atoms with Crippen LogP contribution in [0.3, 0.4) is 0 Å². The summed E-state index contributed by atoms with van der Waals surface area (Å²) in [5.41, 5.74) is 12.5. The topological polar surface area (TPSA) is 89.4 Å². The first-order chi connectivity index (χ1) is 9.47. The average Bonchev–Trinajstić information content (AvgIpc) is 2.38. The maximum atomic E-state index is 12.4.